The Kier molecular flexibility index (Phi) is 10.3. The maximum Gasteiger partial charge on any atom is 0.248 e. The van der Waals surface area contributed by atoms with Gasteiger partial charge in [-0.1, -0.05) is 43.6 Å². The van der Waals surface area contributed by atoms with E-state index in [1.165, 1.54) is 0 Å². The highest BCUT2D eigenvalue weighted by molar-refractivity contribution is 9.10. The van der Waals surface area contributed by atoms with Gasteiger partial charge in [0, 0.05) is 10.0 Å². The molecule has 0 saturated heterocycles. The van der Waals surface area contributed by atoms with Crippen LogP contribution in [0.15, 0.2) is 16.6 Å². The first-order chi connectivity index (χ1) is 7.52. The number of carbonyl (C=O) groups excluding carboxylic acids is 1. The van der Waals surface area contributed by atoms with Crippen molar-refractivity contribution in [3.8, 4) is 0 Å². The topological polar surface area (TPSA) is 43.1 Å². The zero-order chi connectivity index (χ0) is 13.3. The second-order valence-corrected chi connectivity index (χ2v) is 3.58. The maximum atomic E-state index is 10.8. The Labute approximate surface area is 107 Å². The minimum atomic E-state index is -0.381. The van der Waals surface area contributed by atoms with Crippen LogP contribution < -0.4 is 5.73 Å². The molecule has 0 aromatic heterocycles. The zero-order valence-electron chi connectivity index (χ0n) is 11.0. The van der Waals surface area contributed by atoms with E-state index in [1.807, 2.05) is 41.5 Å². The lowest BCUT2D eigenvalue weighted by Crippen LogP contribution is -2.11. The van der Waals surface area contributed by atoms with E-state index in [4.69, 9.17) is 5.73 Å². The molecule has 0 radical (unpaired) electrons. The van der Waals surface area contributed by atoms with E-state index in [2.05, 4.69) is 15.9 Å². The molecule has 0 heterocycles. The summed E-state index contributed by atoms with van der Waals surface area (Å²) < 4.78 is 1.03. The van der Waals surface area contributed by atoms with Crippen LogP contribution in [-0.2, 0) is 0 Å². The number of aryl methyl sites for hydroxylation is 2. The molecule has 3 heteroatoms. The predicted octanol–water partition coefficient (Wildman–Crippen LogP) is 4.22. The van der Waals surface area contributed by atoms with Crippen LogP contribution in [0.4, 0.5) is 0 Å². The summed E-state index contributed by atoms with van der Waals surface area (Å²) in [6.45, 7) is 11.9. The Morgan fingerprint density at radius 2 is 1.38 bits per heavy atom. The van der Waals surface area contributed by atoms with Crippen LogP contribution in [0, 0.1) is 13.8 Å². The molecule has 0 saturated carbocycles. The van der Waals surface area contributed by atoms with Crippen LogP contribution in [0.1, 0.15) is 49.2 Å². The number of nitrogens with two attached hydrogens (primary N) is 1. The van der Waals surface area contributed by atoms with Gasteiger partial charge >= 0.3 is 0 Å². The van der Waals surface area contributed by atoms with Crippen LogP contribution in [-0.4, -0.2) is 5.91 Å². The Bertz CT molecular complexity index is 312. The van der Waals surface area contributed by atoms with Gasteiger partial charge < -0.3 is 5.73 Å². The molecule has 0 fully saturated rings. The van der Waals surface area contributed by atoms with Crippen molar-refractivity contribution in [2.75, 3.05) is 0 Å². The van der Waals surface area contributed by atoms with Crippen LogP contribution in [0.5, 0.6) is 0 Å². The van der Waals surface area contributed by atoms with Crippen molar-refractivity contribution >= 4 is 21.8 Å². The van der Waals surface area contributed by atoms with Crippen LogP contribution in [0.2, 0.25) is 0 Å². The number of benzene rings is 1. The summed E-state index contributed by atoms with van der Waals surface area (Å²) in [4.78, 5) is 10.8. The van der Waals surface area contributed by atoms with E-state index in [9.17, 15) is 4.79 Å². The zero-order valence-corrected chi connectivity index (χ0v) is 12.6. The summed E-state index contributed by atoms with van der Waals surface area (Å²) in [7, 11) is 0. The second-order valence-electron chi connectivity index (χ2n) is 2.79. The summed E-state index contributed by atoms with van der Waals surface area (Å²) in [6.07, 6.45) is 0. The molecule has 0 bridgehead atoms. The number of hydrogen-bond acceptors (Lipinski definition) is 1. The van der Waals surface area contributed by atoms with E-state index >= 15 is 0 Å². The van der Waals surface area contributed by atoms with Gasteiger partial charge in [0.15, 0.2) is 0 Å². The molecular formula is C13H22BrNO. The molecule has 0 spiro atoms. The molecule has 16 heavy (non-hydrogen) atoms. The standard InChI is InChI=1S/C9H10BrNO.2C2H6/c1-5-3-7(9(11)12)4-6(2)8(5)10;2*1-2/h3-4H,1-2H3,(H2,11,12);2*1-2H3. The Balaban J connectivity index is 0. The molecule has 1 rings (SSSR count). The number of primary amides is 1. The minimum absolute atomic E-state index is 0.381. The average Bonchev–Trinajstić information content (AvgIpc) is 2.30. The van der Waals surface area contributed by atoms with Gasteiger partial charge in [-0.05, 0) is 37.1 Å². The lowest BCUT2D eigenvalue weighted by atomic mass is 10.1. The fourth-order valence-corrected chi connectivity index (χ4v) is 1.32. The number of carbonyl (C=O) groups is 1. The van der Waals surface area contributed by atoms with Gasteiger partial charge in [0.25, 0.3) is 0 Å². The van der Waals surface area contributed by atoms with Crippen molar-refractivity contribution in [1.29, 1.82) is 0 Å². The monoisotopic (exact) mass is 287 g/mol. The molecule has 0 unspecified atom stereocenters. The molecule has 1 aromatic carbocycles. The first-order valence-electron chi connectivity index (χ1n) is 5.59. The van der Waals surface area contributed by atoms with Gasteiger partial charge in [0.05, 0.1) is 0 Å². The van der Waals surface area contributed by atoms with Crippen molar-refractivity contribution in [2.45, 2.75) is 41.5 Å². The molecule has 0 aliphatic carbocycles. The third-order valence-electron chi connectivity index (χ3n) is 1.72. The van der Waals surface area contributed by atoms with Gasteiger partial charge in [-0.2, -0.15) is 0 Å². The average molecular weight is 288 g/mol. The largest absolute Gasteiger partial charge is 0.366 e. The first-order valence-corrected chi connectivity index (χ1v) is 6.38. The van der Waals surface area contributed by atoms with Gasteiger partial charge in [-0.15, -0.1) is 0 Å². The quantitative estimate of drug-likeness (QED) is 0.826. The molecule has 0 aliphatic heterocycles. The number of amides is 1. The van der Waals surface area contributed by atoms with Gasteiger partial charge in [0.1, 0.15) is 0 Å². The second kappa shape index (κ2) is 9.40. The summed E-state index contributed by atoms with van der Waals surface area (Å²) in [5, 5.41) is 0. The lowest BCUT2D eigenvalue weighted by molar-refractivity contribution is 0.1000. The number of hydrogen-bond donors (Lipinski definition) is 1. The van der Waals surface area contributed by atoms with Crippen molar-refractivity contribution in [1.82, 2.24) is 0 Å². The van der Waals surface area contributed by atoms with E-state index < -0.39 is 0 Å². The number of rotatable bonds is 1. The molecular weight excluding hydrogens is 266 g/mol. The van der Waals surface area contributed by atoms with Crippen molar-refractivity contribution < 1.29 is 4.79 Å². The smallest absolute Gasteiger partial charge is 0.248 e. The molecule has 2 nitrogen and oxygen atoms in total. The van der Waals surface area contributed by atoms with Gasteiger partial charge in [0.2, 0.25) is 5.91 Å². The Morgan fingerprint density at radius 3 is 1.62 bits per heavy atom. The molecule has 92 valence electrons. The van der Waals surface area contributed by atoms with Gasteiger partial charge in [-0.25, -0.2) is 0 Å². The van der Waals surface area contributed by atoms with Crippen molar-refractivity contribution in [3.05, 3.63) is 33.3 Å². The number of halogens is 1. The van der Waals surface area contributed by atoms with E-state index in [0.29, 0.717) is 5.56 Å². The summed E-state index contributed by atoms with van der Waals surface area (Å²) in [5.74, 6) is -0.381. The predicted molar refractivity (Wildman–Crippen MR) is 74.8 cm³/mol. The molecule has 0 atom stereocenters. The molecule has 2 N–H and O–H groups in total. The van der Waals surface area contributed by atoms with Crippen LogP contribution >= 0.6 is 15.9 Å². The summed E-state index contributed by atoms with van der Waals surface area (Å²) in [6, 6.07) is 3.55. The van der Waals surface area contributed by atoms with E-state index in [0.717, 1.165) is 15.6 Å². The molecule has 1 amide bonds. The van der Waals surface area contributed by atoms with Crippen LogP contribution in [0.25, 0.3) is 0 Å². The van der Waals surface area contributed by atoms with Crippen molar-refractivity contribution in [2.24, 2.45) is 5.73 Å². The maximum absolute atomic E-state index is 10.8. The highest BCUT2D eigenvalue weighted by Gasteiger charge is 2.05. The normalized spacial score (nSPS) is 8.19. The van der Waals surface area contributed by atoms with E-state index in [1.54, 1.807) is 12.1 Å². The SMILES string of the molecule is CC.CC.Cc1cc(C(N)=O)cc(C)c1Br. The molecule has 0 aliphatic rings. The third-order valence-corrected chi connectivity index (χ3v) is 2.97. The van der Waals surface area contributed by atoms with Crippen LogP contribution in [0.3, 0.4) is 0 Å². The first kappa shape index (κ1) is 17.6. The fourth-order valence-electron chi connectivity index (χ4n) is 1.09. The Morgan fingerprint density at radius 1 is 1.06 bits per heavy atom. The summed E-state index contributed by atoms with van der Waals surface area (Å²) in [5.41, 5.74) is 7.77. The third kappa shape index (κ3) is 5.31. The van der Waals surface area contributed by atoms with Crippen molar-refractivity contribution in [3.63, 3.8) is 0 Å². The van der Waals surface area contributed by atoms with Gasteiger partial charge in [-0.3, -0.25) is 4.79 Å². The highest BCUT2D eigenvalue weighted by atomic mass is 79.9. The lowest BCUT2D eigenvalue weighted by Gasteiger charge is -2.04. The summed E-state index contributed by atoms with van der Waals surface area (Å²) >= 11 is 3.41. The Hall–Kier alpha value is -0.830. The highest BCUT2D eigenvalue weighted by Crippen LogP contribution is 2.22. The minimum Gasteiger partial charge on any atom is -0.366 e. The molecule has 1 aromatic rings. The van der Waals surface area contributed by atoms with E-state index in [-0.39, 0.29) is 5.91 Å². The fraction of sp³-hybridized carbons (Fsp3) is 0.462.